The first-order valence-corrected chi connectivity index (χ1v) is 23.0. The van der Waals surface area contributed by atoms with Crippen molar-refractivity contribution in [1.82, 2.24) is 0 Å². The summed E-state index contributed by atoms with van der Waals surface area (Å²) in [4.78, 5) is 34.9. The van der Waals surface area contributed by atoms with Crippen LogP contribution in [-0.2, 0) is 32.7 Å². The lowest BCUT2D eigenvalue weighted by Crippen LogP contribution is -2.29. The van der Waals surface area contributed by atoms with Gasteiger partial charge in [-0.1, -0.05) is 128 Å². The average Bonchev–Trinajstić information content (AvgIpc) is 3.22. The molecule has 1 unspecified atom stereocenters. The molecule has 0 aliphatic heterocycles. The summed E-state index contributed by atoms with van der Waals surface area (Å²) in [6.45, 7) is 1.62. The van der Waals surface area contributed by atoms with Gasteiger partial charge in [-0.25, -0.2) is 4.57 Å². The molecule has 4 atom stereocenters. The number of rotatable bonds is 38. The minimum Gasteiger partial charge on any atom is -0.462 e. The van der Waals surface area contributed by atoms with Gasteiger partial charge in [-0.05, 0) is 103 Å². The highest BCUT2D eigenvalue weighted by molar-refractivity contribution is 7.47. The van der Waals surface area contributed by atoms with Crippen molar-refractivity contribution in [2.75, 3.05) is 26.4 Å². The number of hydrogen-bond acceptors (Lipinski definition) is 10. The van der Waals surface area contributed by atoms with E-state index in [-0.39, 0.29) is 25.6 Å². The third kappa shape index (κ3) is 42.5. The first kappa shape index (κ1) is 56.3. The molecular formula is C48H75O11P. The molecule has 0 aromatic heterocycles. The minimum atomic E-state index is -4.67. The Labute approximate surface area is 360 Å². The number of aliphatic hydroxyl groups is 3. The van der Waals surface area contributed by atoms with Crippen molar-refractivity contribution in [2.24, 2.45) is 0 Å². The van der Waals surface area contributed by atoms with E-state index in [1.165, 1.54) is 0 Å². The second kappa shape index (κ2) is 42.0. The highest BCUT2D eigenvalue weighted by Gasteiger charge is 2.27. The summed E-state index contributed by atoms with van der Waals surface area (Å²) in [7, 11) is -4.67. The third-order valence-corrected chi connectivity index (χ3v) is 9.08. The molecule has 60 heavy (non-hydrogen) atoms. The van der Waals surface area contributed by atoms with Crippen LogP contribution in [0.15, 0.2) is 122 Å². The van der Waals surface area contributed by atoms with Gasteiger partial charge in [-0.3, -0.25) is 18.6 Å². The fraction of sp³-hybridized carbons (Fsp3) is 0.542. The van der Waals surface area contributed by atoms with E-state index < -0.39 is 51.8 Å². The molecule has 0 aromatic rings. The van der Waals surface area contributed by atoms with Crippen LogP contribution in [0.25, 0.3) is 0 Å². The van der Waals surface area contributed by atoms with Crippen molar-refractivity contribution in [2.45, 2.75) is 141 Å². The summed E-state index contributed by atoms with van der Waals surface area (Å²) >= 11 is 0. The van der Waals surface area contributed by atoms with Gasteiger partial charge in [0.05, 0.1) is 25.9 Å². The lowest BCUT2D eigenvalue weighted by molar-refractivity contribution is -0.161. The Morgan fingerprint density at radius 1 is 0.550 bits per heavy atom. The Kier molecular flexibility index (Phi) is 39.5. The molecule has 0 aliphatic carbocycles. The quantitative estimate of drug-likeness (QED) is 0.0202. The van der Waals surface area contributed by atoms with Crippen LogP contribution < -0.4 is 0 Å². The van der Waals surface area contributed by atoms with Gasteiger partial charge in [0.25, 0.3) is 0 Å². The van der Waals surface area contributed by atoms with E-state index in [4.69, 9.17) is 19.1 Å². The molecule has 4 N–H and O–H groups in total. The van der Waals surface area contributed by atoms with Crippen molar-refractivity contribution >= 4 is 19.8 Å². The molecule has 0 rings (SSSR count). The highest BCUT2D eigenvalue weighted by atomic mass is 31.2. The van der Waals surface area contributed by atoms with Crippen molar-refractivity contribution in [3.8, 4) is 0 Å². The van der Waals surface area contributed by atoms with Gasteiger partial charge < -0.3 is 29.7 Å². The fourth-order valence-electron chi connectivity index (χ4n) is 4.85. The molecule has 0 aromatic carbocycles. The zero-order valence-electron chi connectivity index (χ0n) is 36.2. The number of allylic oxidation sites excluding steroid dienone is 20. The molecule has 0 aliphatic rings. The monoisotopic (exact) mass is 859 g/mol. The van der Waals surface area contributed by atoms with Crippen molar-refractivity contribution in [3.05, 3.63) is 122 Å². The van der Waals surface area contributed by atoms with Gasteiger partial charge in [0.15, 0.2) is 6.10 Å². The number of aliphatic hydroxyl groups excluding tert-OH is 3. The second-order valence-corrected chi connectivity index (χ2v) is 15.4. The van der Waals surface area contributed by atoms with Gasteiger partial charge in [0, 0.05) is 12.8 Å². The minimum absolute atomic E-state index is 0.0330. The predicted octanol–water partition coefficient (Wildman–Crippen LogP) is 10.5. The van der Waals surface area contributed by atoms with Gasteiger partial charge >= 0.3 is 19.8 Å². The molecule has 0 bridgehead atoms. The van der Waals surface area contributed by atoms with E-state index in [2.05, 4.69) is 103 Å². The topological polar surface area (TPSA) is 169 Å². The van der Waals surface area contributed by atoms with Crippen LogP contribution in [0.3, 0.4) is 0 Å². The van der Waals surface area contributed by atoms with Crippen molar-refractivity contribution < 1.29 is 52.9 Å². The molecule has 11 nitrogen and oxygen atoms in total. The molecule has 338 valence electrons. The molecule has 0 fully saturated rings. The van der Waals surface area contributed by atoms with Crippen LogP contribution in [0.5, 0.6) is 0 Å². The zero-order chi connectivity index (χ0) is 44.2. The van der Waals surface area contributed by atoms with Crippen LogP contribution in [0.1, 0.15) is 123 Å². The molecule has 0 amide bonds. The fourth-order valence-corrected chi connectivity index (χ4v) is 5.64. The second-order valence-electron chi connectivity index (χ2n) is 13.9. The lowest BCUT2D eigenvalue weighted by Gasteiger charge is -2.20. The number of ether oxygens (including phenoxy) is 2. The zero-order valence-corrected chi connectivity index (χ0v) is 37.1. The molecule has 0 spiro atoms. The Bertz CT molecular complexity index is 1420. The first-order chi connectivity index (χ1) is 29.1. The third-order valence-electron chi connectivity index (χ3n) is 8.13. The van der Waals surface area contributed by atoms with Crippen LogP contribution in [-0.4, -0.2) is 76.9 Å². The van der Waals surface area contributed by atoms with Crippen molar-refractivity contribution in [1.29, 1.82) is 0 Å². The van der Waals surface area contributed by atoms with E-state index in [0.29, 0.717) is 25.7 Å². The SMILES string of the molecule is CC/C=C\C/C=C\C/C=C\C/C=C\C/C=C\C/C=C\CCC(=O)O[C@H](COC(=O)CCC/C=C\C/C=C\C/C=C\C/C=C\CCC[C@@H](C)O)COP(=O)(O)OC[C@@H](O)CO. The maximum absolute atomic E-state index is 12.6. The van der Waals surface area contributed by atoms with E-state index in [0.717, 1.165) is 70.6 Å². The van der Waals surface area contributed by atoms with Crippen LogP contribution in [0.2, 0.25) is 0 Å². The maximum atomic E-state index is 12.6. The summed E-state index contributed by atoms with van der Waals surface area (Å²) in [5, 5.41) is 27.6. The summed E-state index contributed by atoms with van der Waals surface area (Å²) in [6.07, 6.45) is 51.7. The normalized spacial score (nSPS) is 15.5. The highest BCUT2D eigenvalue weighted by Crippen LogP contribution is 2.43. The molecular weight excluding hydrogens is 783 g/mol. The standard InChI is InChI=1S/C48H75O11P/c1-3-4-5-6-7-8-9-10-11-12-13-14-17-21-24-27-30-33-36-39-48(53)59-46(43-58-60(54,55)57-41-45(51)40-49)42-56-47(52)38-35-32-29-26-23-20-18-15-16-19-22-25-28-31-34-37-44(2)50/h4-5,7-8,10-11,13-14,16,18-21,24-26,28-30,33,44-46,49-51H,3,6,9,12,15,17,22-23,27,31-32,34-43H2,1-2H3,(H,54,55)/b5-4-,8-7-,11-10-,14-13-,19-16-,20-18-,24-21-,28-25-,29-26-,33-30-/t44-,45+,46-/m1/s1. The molecule has 12 heteroatoms. The Balaban J connectivity index is 4.55. The molecule has 0 saturated heterocycles. The number of phosphoric ester groups is 1. The number of hydrogen-bond donors (Lipinski definition) is 4. The summed E-state index contributed by atoms with van der Waals surface area (Å²) in [6, 6.07) is 0. The van der Waals surface area contributed by atoms with Crippen molar-refractivity contribution in [3.63, 3.8) is 0 Å². The van der Waals surface area contributed by atoms with E-state index >= 15 is 0 Å². The maximum Gasteiger partial charge on any atom is 0.472 e. The number of phosphoric acid groups is 1. The van der Waals surface area contributed by atoms with E-state index in [1.54, 1.807) is 0 Å². The number of carbonyl (C=O) groups excluding carboxylic acids is 2. The van der Waals surface area contributed by atoms with E-state index in [1.807, 2.05) is 37.3 Å². The Morgan fingerprint density at radius 2 is 0.967 bits per heavy atom. The molecule has 0 radical (unpaired) electrons. The average molecular weight is 859 g/mol. The Hall–Kier alpha value is -3.67. The number of esters is 2. The van der Waals surface area contributed by atoms with Gasteiger partial charge in [-0.15, -0.1) is 0 Å². The smallest absolute Gasteiger partial charge is 0.462 e. The summed E-state index contributed by atoms with van der Waals surface area (Å²) < 4.78 is 32.5. The number of carbonyl (C=O) groups is 2. The first-order valence-electron chi connectivity index (χ1n) is 21.5. The summed E-state index contributed by atoms with van der Waals surface area (Å²) in [5.41, 5.74) is 0. The lowest BCUT2D eigenvalue weighted by atomic mass is 10.1. The number of unbranched alkanes of at least 4 members (excludes halogenated alkanes) is 2. The predicted molar refractivity (Wildman–Crippen MR) is 243 cm³/mol. The summed E-state index contributed by atoms with van der Waals surface area (Å²) in [5.74, 6) is -1.12. The molecule has 0 heterocycles. The van der Waals surface area contributed by atoms with E-state index in [9.17, 15) is 29.3 Å². The van der Waals surface area contributed by atoms with Crippen LogP contribution in [0.4, 0.5) is 0 Å². The van der Waals surface area contributed by atoms with Crippen LogP contribution >= 0.6 is 7.82 Å². The van der Waals surface area contributed by atoms with Gasteiger partial charge in [0.2, 0.25) is 0 Å². The van der Waals surface area contributed by atoms with Gasteiger partial charge in [0.1, 0.15) is 12.7 Å². The largest absolute Gasteiger partial charge is 0.472 e. The molecule has 0 saturated carbocycles. The Morgan fingerprint density at radius 3 is 1.42 bits per heavy atom. The van der Waals surface area contributed by atoms with Crippen LogP contribution in [0, 0.1) is 0 Å². The van der Waals surface area contributed by atoms with Gasteiger partial charge in [-0.2, -0.15) is 0 Å².